The van der Waals surface area contributed by atoms with Crippen LogP contribution in [0.2, 0.25) is 0 Å². The molecule has 0 spiro atoms. The van der Waals surface area contributed by atoms with Crippen molar-refractivity contribution in [3.05, 3.63) is 47.3 Å². The SMILES string of the molecule is CCc1cc(CNC(=NC)NC2CC(C)(C)Oc3ccccc32)on1. The average molecular weight is 342 g/mol. The molecule has 0 fully saturated rings. The molecule has 0 radical (unpaired) electrons. The van der Waals surface area contributed by atoms with Crippen LogP contribution in [0.5, 0.6) is 5.75 Å². The Kier molecular flexibility index (Phi) is 4.97. The normalized spacial score (nSPS) is 19.0. The predicted octanol–water partition coefficient (Wildman–Crippen LogP) is 3.20. The quantitative estimate of drug-likeness (QED) is 0.659. The number of benzene rings is 1. The van der Waals surface area contributed by atoms with Gasteiger partial charge in [0.05, 0.1) is 18.3 Å². The number of aliphatic imine (C=N–C) groups is 1. The van der Waals surface area contributed by atoms with Crippen molar-refractivity contribution < 1.29 is 9.26 Å². The summed E-state index contributed by atoms with van der Waals surface area (Å²) in [6, 6.07) is 10.2. The van der Waals surface area contributed by atoms with Gasteiger partial charge >= 0.3 is 0 Å². The lowest BCUT2D eigenvalue weighted by molar-refractivity contribution is 0.0694. The Hall–Kier alpha value is -2.50. The van der Waals surface area contributed by atoms with Gasteiger partial charge in [0, 0.05) is 25.1 Å². The molecule has 1 aromatic carbocycles. The molecule has 0 saturated heterocycles. The first-order valence-corrected chi connectivity index (χ1v) is 8.70. The Bertz CT molecular complexity index is 751. The number of para-hydroxylation sites is 1. The van der Waals surface area contributed by atoms with Gasteiger partial charge in [-0.05, 0) is 26.3 Å². The van der Waals surface area contributed by atoms with Crippen LogP contribution < -0.4 is 15.4 Å². The molecular weight excluding hydrogens is 316 g/mol. The first kappa shape index (κ1) is 17.3. The lowest BCUT2D eigenvalue weighted by Crippen LogP contribution is -2.45. The number of rotatable bonds is 4. The molecule has 1 unspecified atom stereocenters. The van der Waals surface area contributed by atoms with E-state index >= 15 is 0 Å². The van der Waals surface area contributed by atoms with Crippen molar-refractivity contribution in [3.63, 3.8) is 0 Å². The van der Waals surface area contributed by atoms with Crippen molar-refractivity contribution >= 4 is 5.96 Å². The number of ether oxygens (including phenoxy) is 1. The van der Waals surface area contributed by atoms with Crippen LogP contribution in [-0.2, 0) is 13.0 Å². The Morgan fingerprint density at radius 3 is 2.88 bits per heavy atom. The van der Waals surface area contributed by atoms with E-state index in [0.717, 1.165) is 41.6 Å². The largest absolute Gasteiger partial charge is 0.487 e. The van der Waals surface area contributed by atoms with Crippen LogP contribution in [-0.4, -0.2) is 23.8 Å². The molecule has 2 aromatic rings. The van der Waals surface area contributed by atoms with Crippen LogP contribution >= 0.6 is 0 Å². The second-order valence-electron chi connectivity index (χ2n) is 6.86. The average Bonchev–Trinajstić information content (AvgIpc) is 3.05. The third-order valence-electron chi connectivity index (χ3n) is 4.31. The fourth-order valence-corrected chi connectivity index (χ4v) is 3.07. The van der Waals surface area contributed by atoms with Crippen LogP contribution in [0.4, 0.5) is 0 Å². The fraction of sp³-hybridized carbons (Fsp3) is 0.474. The highest BCUT2D eigenvalue weighted by molar-refractivity contribution is 5.80. The molecule has 0 aliphatic carbocycles. The van der Waals surface area contributed by atoms with Crippen molar-refractivity contribution in [1.82, 2.24) is 15.8 Å². The second-order valence-corrected chi connectivity index (χ2v) is 6.86. The first-order chi connectivity index (χ1) is 12.0. The Morgan fingerprint density at radius 1 is 1.36 bits per heavy atom. The molecule has 1 aliphatic heterocycles. The van der Waals surface area contributed by atoms with Crippen LogP contribution in [0, 0.1) is 0 Å². The molecule has 0 amide bonds. The van der Waals surface area contributed by atoms with Gasteiger partial charge in [0.2, 0.25) is 0 Å². The first-order valence-electron chi connectivity index (χ1n) is 8.70. The summed E-state index contributed by atoms with van der Waals surface area (Å²) in [6.07, 6.45) is 1.72. The van der Waals surface area contributed by atoms with Crippen LogP contribution in [0.3, 0.4) is 0 Å². The van der Waals surface area contributed by atoms with E-state index in [1.165, 1.54) is 0 Å². The van der Waals surface area contributed by atoms with Gasteiger partial charge in [-0.1, -0.05) is 30.3 Å². The Labute approximate surface area is 148 Å². The van der Waals surface area contributed by atoms with Gasteiger partial charge in [-0.3, -0.25) is 4.99 Å². The third-order valence-corrected chi connectivity index (χ3v) is 4.31. The summed E-state index contributed by atoms with van der Waals surface area (Å²) in [5.74, 6) is 2.45. The third kappa shape index (κ3) is 4.13. The van der Waals surface area contributed by atoms with Crippen molar-refractivity contribution in [2.45, 2.75) is 51.8 Å². The molecule has 3 rings (SSSR count). The van der Waals surface area contributed by atoms with Crippen LogP contribution in [0.1, 0.15) is 50.3 Å². The lowest BCUT2D eigenvalue weighted by atomic mass is 9.90. The highest BCUT2D eigenvalue weighted by Gasteiger charge is 2.33. The van der Waals surface area contributed by atoms with Crippen molar-refractivity contribution in [2.24, 2.45) is 4.99 Å². The second kappa shape index (κ2) is 7.17. The molecule has 134 valence electrons. The van der Waals surface area contributed by atoms with Crippen molar-refractivity contribution in [2.75, 3.05) is 7.05 Å². The van der Waals surface area contributed by atoms with Gasteiger partial charge in [0.25, 0.3) is 0 Å². The topological polar surface area (TPSA) is 71.7 Å². The van der Waals surface area contributed by atoms with E-state index in [9.17, 15) is 0 Å². The molecular formula is C19H26N4O2. The zero-order chi connectivity index (χ0) is 17.9. The summed E-state index contributed by atoms with van der Waals surface area (Å²) in [6.45, 7) is 6.81. The standard InChI is InChI=1S/C19H26N4O2/c1-5-13-10-14(25-23-13)12-21-18(20-4)22-16-11-19(2,3)24-17-9-7-6-8-15(16)17/h6-10,16H,5,11-12H2,1-4H3,(H2,20,21,22). The number of aryl methyl sites for hydroxylation is 1. The van der Waals surface area contributed by atoms with E-state index in [-0.39, 0.29) is 11.6 Å². The predicted molar refractivity (Wildman–Crippen MR) is 97.7 cm³/mol. The molecule has 2 N–H and O–H groups in total. The molecule has 1 aliphatic rings. The molecule has 0 saturated carbocycles. The van der Waals surface area contributed by atoms with E-state index < -0.39 is 0 Å². The van der Waals surface area contributed by atoms with Crippen molar-refractivity contribution in [1.29, 1.82) is 0 Å². The summed E-state index contributed by atoms with van der Waals surface area (Å²) in [5, 5.41) is 10.8. The van der Waals surface area contributed by atoms with Gasteiger partial charge < -0.3 is 19.9 Å². The molecule has 2 heterocycles. The molecule has 0 bridgehead atoms. The molecule has 1 atom stereocenters. The smallest absolute Gasteiger partial charge is 0.191 e. The lowest BCUT2D eigenvalue weighted by Gasteiger charge is -2.38. The maximum Gasteiger partial charge on any atom is 0.191 e. The summed E-state index contributed by atoms with van der Waals surface area (Å²) in [7, 11) is 1.77. The summed E-state index contributed by atoms with van der Waals surface area (Å²) >= 11 is 0. The maximum absolute atomic E-state index is 6.09. The summed E-state index contributed by atoms with van der Waals surface area (Å²) in [5.41, 5.74) is 1.88. The fourth-order valence-electron chi connectivity index (χ4n) is 3.07. The summed E-state index contributed by atoms with van der Waals surface area (Å²) < 4.78 is 11.4. The van der Waals surface area contributed by atoms with E-state index in [0.29, 0.717) is 6.54 Å². The van der Waals surface area contributed by atoms with Gasteiger partial charge in [0.15, 0.2) is 11.7 Å². The highest BCUT2D eigenvalue weighted by atomic mass is 16.5. The van der Waals surface area contributed by atoms with Gasteiger partial charge in [-0.2, -0.15) is 0 Å². The van der Waals surface area contributed by atoms with Gasteiger partial charge in [-0.25, -0.2) is 0 Å². The number of fused-ring (bicyclic) bond motifs is 1. The van der Waals surface area contributed by atoms with E-state index in [2.05, 4.69) is 47.6 Å². The monoisotopic (exact) mass is 342 g/mol. The highest BCUT2D eigenvalue weighted by Crippen LogP contribution is 2.39. The van der Waals surface area contributed by atoms with E-state index in [4.69, 9.17) is 9.26 Å². The zero-order valence-corrected chi connectivity index (χ0v) is 15.3. The minimum atomic E-state index is -0.230. The van der Waals surface area contributed by atoms with Crippen molar-refractivity contribution in [3.8, 4) is 5.75 Å². The van der Waals surface area contributed by atoms with Gasteiger partial charge in [-0.15, -0.1) is 0 Å². The van der Waals surface area contributed by atoms with Crippen LogP contribution in [0.25, 0.3) is 0 Å². The van der Waals surface area contributed by atoms with E-state index in [1.807, 2.05) is 24.3 Å². The number of nitrogens with zero attached hydrogens (tertiary/aromatic N) is 2. The molecule has 6 nitrogen and oxygen atoms in total. The number of hydrogen-bond donors (Lipinski definition) is 2. The van der Waals surface area contributed by atoms with Crippen LogP contribution in [0.15, 0.2) is 39.8 Å². The zero-order valence-electron chi connectivity index (χ0n) is 15.3. The number of aromatic nitrogens is 1. The number of guanidine groups is 1. The summed E-state index contributed by atoms with van der Waals surface area (Å²) in [4.78, 5) is 4.34. The molecule has 6 heteroatoms. The maximum atomic E-state index is 6.09. The molecule has 1 aromatic heterocycles. The molecule has 25 heavy (non-hydrogen) atoms. The Morgan fingerprint density at radius 2 is 2.16 bits per heavy atom. The van der Waals surface area contributed by atoms with Gasteiger partial charge in [0.1, 0.15) is 11.4 Å². The minimum absolute atomic E-state index is 0.132. The number of nitrogens with one attached hydrogen (secondary N) is 2. The Balaban J connectivity index is 1.69. The minimum Gasteiger partial charge on any atom is -0.487 e. The number of hydrogen-bond acceptors (Lipinski definition) is 4. The van der Waals surface area contributed by atoms with E-state index in [1.54, 1.807) is 7.05 Å².